The van der Waals surface area contributed by atoms with Gasteiger partial charge in [-0.1, -0.05) is 12.1 Å². The normalized spacial score (nSPS) is 19.2. The molecule has 2 N–H and O–H groups in total. The molecule has 142 valence electrons. The van der Waals surface area contributed by atoms with Crippen molar-refractivity contribution < 1.29 is 23.0 Å². The van der Waals surface area contributed by atoms with Gasteiger partial charge in [-0.3, -0.25) is 0 Å². The molecule has 0 radical (unpaired) electrons. The Balaban J connectivity index is 0.000000181. The average Bonchev–Trinajstić information content (AvgIpc) is 3.11. The van der Waals surface area contributed by atoms with Gasteiger partial charge in [-0.15, -0.1) is 0 Å². The molecular formula is C18H22F3N3O2. The summed E-state index contributed by atoms with van der Waals surface area (Å²) in [5.41, 5.74) is -1.11. The number of rotatable bonds is 1. The second kappa shape index (κ2) is 7.77. The Morgan fingerprint density at radius 1 is 1.15 bits per heavy atom. The third-order valence-electron chi connectivity index (χ3n) is 4.69. The number of nitrogens with one attached hydrogen (secondary N) is 1. The van der Waals surface area contributed by atoms with Crippen molar-refractivity contribution in [3.8, 4) is 0 Å². The zero-order valence-corrected chi connectivity index (χ0v) is 14.3. The van der Waals surface area contributed by atoms with Crippen LogP contribution in [0.4, 0.5) is 13.2 Å². The number of alkyl halides is 3. The van der Waals surface area contributed by atoms with Gasteiger partial charge in [0.1, 0.15) is 12.4 Å². The van der Waals surface area contributed by atoms with E-state index in [4.69, 9.17) is 4.74 Å². The number of ether oxygens (including phenoxy) is 1. The lowest BCUT2D eigenvalue weighted by atomic mass is 9.85. The first-order chi connectivity index (χ1) is 12.4. The number of aliphatic hydroxyl groups is 1. The standard InChI is InChI=1S/C12H14F3NO.C6H8N2O/c13-12(14,15)10-3-1-9(2-4-10)11(17)5-7-16-8-6-11;1-2-8-3-4-9-5-6(8)7-1/h1-4,16-17H,5-8H2;1-2H,3-5H2. The van der Waals surface area contributed by atoms with Gasteiger partial charge in [0, 0.05) is 18.9 Å². The maximum atomic E-state index is 12.4. The zero-order valence-electron chi connectivity index (χ0n) is 14.3. The number of fused-ring (bicyclic) bond motifs is 1. The summed E-state index contributed by atoms with van der Waals surface area (Å²) < 4.78 is 44.4. The third-order valence-corrected chi connectivity index (χ3v) is 4.69. The molecule has 0 aliphatic carbocycles. The van der Waals surface area contributed by atoms with Gasteiger partial charge in [-0.2, -0.15) is 13.2 Å². The van der Waals surface area contributed by atoms with Crippen LogP contribution in [-0.2, 0) is 29.7 Å². The van der Waals surface area contributed by atoms with Crippen LogP contribution in [0.5, 0.6) is 0 Å². The Bertz CT molecular complexity index is 687. The van der Waals surface area contributed by atoms with Crippen molar-refractivity contribution in [1.82, 2.24) is 14.9 Å². The van der Waals surface area contributed by atoms with Gasteiger partial charge in [0.2, 0.25) is 0 Å². The first kappa shape index (κ1) is 18.9. The molecule has 2 aliphatic heterocycles. The van der Waals surface area contributed by atoms with Crippen molar-refractivity contribution >= 4 is 0 Å². The Hall–Kier alpha value is -1.90. The molecule has 0 atom stereocenters. The van der Waals surface area contributed by atoms with Gasteiger partial charge in [-0.25, -0.2) is 4.98 Å². The number of halogens is 3. The maximum Gasteiger partial charge on any atom is 0.416 e. The molecule has 2 aromatic rings. The molecule has 3 heterocycles. The van der Waals surface area contributed by atoms with Crippen molar-refractivity contribution in [1.29, 1.82) is 0 Å². The van der Waals surface area contributed by atoms with Crippen LogP contribution in [0.2, 0.25) is 0 Å². The van der Waals surface area contributed by atoms with E-state index in [1.165, 1.54) is 12.1 Å². The van der Waals surface area contributed by atoms with E-state index in [0.717, 1.165) is 31.1 Å². The van der Waals surface area contributed by atoms with Crippen LogP contribution in [0, 0.1) is 0 Å². The fraction of sp³-hybridized carbons (Fsp3) is 0.500. The summed E-state index contributed by atoms with van der Waals surface area (Å²) in [6.45, 7) is 3.81. The van der Waals surface area contributed by atoms with Crippen molar-refractivity contribution in [3.05, 3.63) is 53.6 Å². The molecule has 0 unspecified atom stereocenters. The SMILES string of the molecule is OC1(c2ccc(C(F)(F)F)cc2)CCNCC1.c1cn2c(n1)COCC2. The lowest BCUT2D eigenvalue weighted by molar-refractivity contribution is -0.137. The molecule has 4 rings (SSSR count). The highest BCUT2D eigenvalue weighted by Gasteiger charge is 2.33. The van der Waals surface area contributed by atoms with E-state index >= 15 is 0 Å². The minimum absolute atomic E-state index is 0.526. The minimum atomic E-state index is -4.32. The van der Waals surface area contributed by atoms with Crippen LogP contribution in [0.15, 0.2) is 36.7 Å². The van der Waals surface area contributed by atoms with E-state index in [2.05, 4.69) is 14.9 Å². The second-order valence-electron chi connectivity index (χ2n) is 6.45. The molecule has 0 bridgehead atoms. The Kier molecular flexibility index (Phi) is 5.64. The molecule has 26 heavy (non-hydrogen) atoms. The van der Waals surface area contributed by atoms with Crippen LogP contribution >= 0.6 is 0 Å². The quantitative estimate of drug-likeness (QED) is 0.812. The number of aromatic nitrogens is 2. The molecule has 0 spiro atoms. The van der Waals surface area contributed by atoms with Crippen LogP contribution in [0.25, 0.3) is 0 Å². The van der Waals surface area contributed by atoms with Crippen molar-refractivity contribution in [2.24, 2.45) is 0 Å². The van der Waals surface area contributed by atoms with E-state index in [1.54, 1.807) is 0 Å². The first-order valence-electron chi connectivity index (χ1n) is 8.57. The molecule has 5 nitrogen and oxygen atoms in total. The highest BCUT2D eigenvalue weighted by Crippen LogP contribution is 2.34. The topological polar surface area (TPSA) is 59.3 Å². The fourth-order valence-electron chi connectivity index (χ4n) is 3.11. The van der Waals surface area contributed by atoms with E-state index < -0.39 is 17.3 Å². The number of hydrogen-bond acceptors (Lipinski definition) is 4. The predicted molar refractivity (Wildman–Crippen MR) is 89.3 cm³/mol. The lowest BCUT2D eigenvalue weighted by Crippen LogP contribution is -2.39. The molecule has 1 aromatic heterocycles. The van der Waals surface area contributed by atoms with Crippen LogP contribution in [0.3, 0.4) is 0 Å². The van der Waals surface area contributed by atoms with Crippen molar-refractivity contribution in [2.75, 3.05) is 19.7 Å². The van der Waals surface area contributed by atoms with E-state index in [1.807, 2.05) is 12.4 Å². The monoisotopic (exact) mass is 369 g/mol. The van der Waals surface area contributed by atoms with Gasteiger partial charge in [-0.05, 0) is 43.6 Å². The Morgan fingerprint density at radius 2 is 1.85 bits per heavy atom. The molecule has 1 saturated heterocycles. The smallest absolute Gasteiger partial charge is 0.385 e. The highest BCUT2D eigenvalue weighted by molar-refractivity contribution is 5.29. The largest absolute Gasteiger partial charge is 0.416 e. The third kappa shape index (κ3) is 4.44. The zero-order chi connectivity index (χ0) is 18.6. The molecule has 8 heteroatoms. The van der Waals surface area contributed by atoms with Gasteiger partial charge >= 0.3 is 6.18 Å². The summed E-state index contributed by atoms with van der Waals surface area (Å²) in [5.74, 6) is 1.04. The second-order valence-corrected chi connectivity index (χ2v) is 6.45. The number of hydrogen-bond donors (Lipinski definition) is 2. The molecule has 1 aromatic carbocycles. The van der Waals surface area contributed by atoms with E-state index in [0.29, 0.717) is 38.1 Å². The lowest BCUT2D eigenvalue weighted by Gasteiger charge is -2.33. The summed E-state index contributed by atoms with van der Waals surface area (Å²) in [6, 6.07) is 4.78. The number of piperidine rings is 1. The Morgan fingerprint density at radius 3 is 2.46 bits per heavy atom. The Labute approximate surface area is 149 Å². The summed E-state index contributed by atoms with van der Waals surface area (Å²) >= 11 is 0. The van der Waals surface area contributed by atoms with Crippen molar-refractivity contribution in [2.45, 2.75) is 37.8 Å². The van der Waals surface area contributed by atoms with E-state index in [9.17, 15) is 18.3 Å². The van der Waals surface area contributed by atoms with Gasteiger partial charge in [0.25, 0.3) is 0 Å². The van der Waals surface area contributed by atoms with Crippen molar-refractivity contribution in [3.63, 3.8) is 0 Å². The van der Waals surface area contributed by atoms with Crippen LogP contribution < -0.4 is 5.32 Å². The number of imidazole rings is 1. The fourth-order valence-corrected chi connectivity index (χ4v) is 3.11. The molecule has 0 saturated carbocycles. The maximum absolute atomic E-state index is 12.4. The summed E-state index contributed by atoms with van der Waals surface area (Å²) in [7, 11) is 0. The molecule has 1 fully saturated rings. The van der Waals surface area contributed by atoms with Crippen LogP contribution in [-0.4, -0.2) is 34.4 Å². The number of benzene rings is 1. The first-order valence-corrected chi connectivity index (χ1v) is 8.57. The van der Waals surface area contributed by atoms with Gasteiger partial charge < -0.3 is 19.7 Å². The van der Waals surface area contributed by atoms with E-state index in [-0.39, 0.29) is 0 Å². The van der Waals surface area contributed by atoms with Gasteiger partial charge in [0.05, 0.1) is 17.8 Å². The number of nitrogens with zero attached hydrogens (tertiary/aromatic N) is 2. The summed E-state index contributed by atoms with van der Waals surface area (Å²) in [6.07, 6.45) is 0.522. The average molecular weight is 369 g/mol. The summed E-state index contributed by atoms with van der Waals surface area (Å²) in [4.78, 5) is 4.09. The predicted octanol–water partition coefficient (Wildman–Crippen LogP) is 2.69. The minimum Gasteiger partial charge on any atom is -0.385 e. The highest BCUT2D eigenvalue weighted by atomic mass is 19.4. The molecule has 2 aliphatic rings. The summed E-state index contributed by atoms with van der Waals surface area (Å²) in [5, 5.41) is 13.4. The van der Waals surface area contributed by atoms with Gasteiger partial charge in [0.15, 0.2) is 0 Å². The molecule has 0 amide bonds. The van der Waals surface area contributed by atoms with Crippen LogP contribution in [0.1, 0.15) is 29.8 Å². The molecular weight excluding hydrogens is 347 g/mol.